The highest BCUT2D eigenvalue weighted by atomic mass is 19.1. The number of cyclic esters (lactones) is 1. The molecule has 1 N–H and O–H groups in total. The number of aliphatic hydroxyl groups is 1. The SMILES string of the molecule is Cc1cc(C)n2nc(CC3=C(O)CC(COc4ccc(C(C)(C)C#N)c(F)c4)(C4CCCC4)OC3=O)nc2n1. The Labute approximate surface area is 226 Å². The first kappa shape index (κ1) is 26.6. The first-order chi connectivity index (χ1) is 18.5. The molecule has 39 heavy (non-hydrogen) atoms. The van der Waals surface area contributed by atoms with Crippen molar-refractivity contribution in [2.24, 2.45) is 5.92 Å². The molecule has 0 bridgehead atoms. The van der Waals surface area contributed by atoms with Crippen LogP contribution >= 0.6 is 0 Å². The molecule has 9 nitrogen and oxygen atoms in total. The van der Waals surface area contributed by atoms with E-state index in [1.807, 2.05) is 19.9 Å². The lowest BCUT2D eigenvalue weighted by Crippen LogP contribution is -2.50. The van der Waals surface area contributed by atoms with E-state index >= 15 is 0 Å². The van der Waals surface area contributed by atoms with E-state index in [4.69, 9.17) is 9.47 Å². The summed E-state index contributed by atoms with van der Waals surface area (Å²) in [6.45, 7) is 7.03. The van der Waals surface area contributed by atoms with Crippen molar-refractivity contribution in [2.75, 3.05) is 6.61 Å². The second-order valence-corrected chi connectivity index (χ2v) is 11.2. The van der Waals surface area contributed by atoms with Gasteiger partial charge >= 0.3 is 5.97 Å². The Kier molecular flexibility index (Phi) is 6.79. The number of esters is 1. The summed E-state index contributed by atoms with van der Waals surface area (Å²) in [5.41, 5.74) is -0.00460. The van der Waals surface area contributed by atoms with Crippen LogP contribution in [0.2, 0.25) is 0 Å². The van der Waals surface area contributed by atoms with E-state index in [9.17, 15) is 19.6 Å². The molecule has 204 valence electrons. The van der Waals surface area contributed by atoms with Crippen molar-refractivity contribution in [1.29, 1.82) is 5.26 Å². The van der Waals surface area contributed by atoms with Crippen LogP contribution in [-0.4, -0.2) is 42.9 Å². The summed E-state index contributed by atoms with van der Waals surface area (Å²) in [6, 6.07) is 8.38. The summed E-state index contributed by atoms with van der Waals surface area (Å²) in [7, 11) is 0. The second kappa shape index (κ2) is 9.95. The van der Waals surface area contributed by atoms with Crippen LogP contribution in [0, 0.1) is 36.9 Å². The Morgan fingerprint density at radius 3 is 2.67 bits per heavy atom. The molecule has 1 aromatic carbocycles. The van der Waals surface area contributed by atoms with Gasteiger partial charge in [-0.3, -0.25) is 0 Å². The molecule has 1 aliphatic heterocycles. The van der Waals surface area contributed by atoms with Crippen molar-refractivity contribution in [3.63, 3.8) is 0 Å². The zero-order valence-electron chi connectivity index (χ0n) is 22.6. The minimum Gasteiger partial charge on any atom is -0.512 e. The van der Waals surface area contributed by atoms with E-state index in [0.717, 1.165) is 37.1 Å². The molecule has 5 rings (SSSR count). The molecule has 1 saturated carbocycles. The molecular formula is C29H32FN5O4. The van der Waals surface area contributed by atoms with Crippen LogP contribution in [0.5, 0.6) is 5.75 Å². The normalized spacial score (nSPS) is 20.4. The van der Waals surface area contributed by atoms with E-state index in [1.54, 1.807) is 30.5 Å². The minimum absolute atomic E-state index is 0.00469. The highest BCUT2D eigenvalue weighted by Crippen LogP contribution is 2.44. The number of nitriles is 1. The maximum Gasteiger partial charge on any atom is 0.338 e. The number of carbonyl (C=O) groups is 1. The van der Waals surface area contributed by atoms with E-state index in [1.165, 1.54) is 6.07 Å². The summed E-state index contributed by atoms with van der Waals surface area (Å²) >= 11 is 0. The van der Waals surface area contributed by atoms with E-state index in [2.05, 4.69) is 21.1 Å². The Bertz CT molecular complexity index is 1520. The highest BCUT2D eigenvalue weighted by molar-refractivity contribution is 5.90. The van der Waals surface area contributed by atoms with Gasteiger partial charge in [0.2, 0.25) is 0 Å². The summed E-state index contributed by atoms with van der Waals surface area (Å²) < 4.78 is 28.5. The van der Waals surface area contributed by atoms with Gasteiger partial charge in [-0.1, -0.05) is 18.9 Å². The zero-order chi connectivity index (χ0) is 27.9. The maximum atomic E-state index is 14.8. The van der Waals surface area contributed by atoms with Crippen LogP contribution in [0.25, 0.3) is 5.78 Å². The van der Waals surface area contributed by atoms with Crippen molar-refractivity contribution in [1.82, 2.24) is 19.6 Å². The molecular weight excluding hydrogens is 501 g/mol. The van der Waals surface area contributed by atoms with Gasteiger partial charge in [0.15, 0.2) is 11.4 Å². The van der Waals surface area contributed by atoms with E-state index in [-0.39, 0.29) is 48.0 Å². The molecule has 0 spiro atoms. The molecule has 0 amide bonds. The third-order valence-corrected chi connectivity index (χ3v) is 7.83. The van der Waals surface area contributed by atoms with Crippen LogP contribution in [0.15, 0.2) is 35.6 Å². The minimum atomic E-state index is -1.08. The van der Waals surface area contributed by atoms with Gasteiger partial charge in [-0.15, -0.1) is 5.10 Å². The monoisotopic (exact) mass is 533 g/mol. The molecule has 0 radical (unpaired) electrons. The number of hydrogen-bond acceptors (Lipinski definition) is 8. The summed E-state index contributed by atoms with van der Waals surface area (Å²) in [4.78, 5) is 22.1. The molecule has 0 saturated heterocycles. The second-order valence-electron chi connectivity index (χ2n) is 11.2. The number of ether oxygens (including phenoxy) is 2. The van der Waals surface area contributed by atoms with Gasteiger partial charge in [-0.05, 0) is 52.7 Å². The molecule has 3 heterocycles. The molecule has 1 atom stereocenters. The predicted molar refractivity (Wildman–Crippen MR) is 140 cm³/mol. The van der Waals surface area contributed by atoms with Crippen molar-refractivity contribution in [3.05, 3.63) is 64.2 Å². The lowest BCUT2D eigenvalue weighted by atomic mass is 9.80. The van der Waals surface area contributed by atoms with Gasteiger partial charge < -0.3 is 14.6 Å². The number of aliphatic hydroxyl groups excluding tert-OH is 1. The zero-order valence-corrected chi connectivity index (χ0v) is 22.6. The summed E-state index contributed by atoms with van der Waals surface area (Å²) in [6.07, 6.45) is 3.75. The predicted octanol–water partition coefficient (Wildman–Crippen LogP) is 4.99. The van der Waals surface area contributed by atoms with Crippen molar-refractivity contribution >= 4 is 11.7 Å². The lowest BCUT2D eigenvalue weighted by Gasteiger charge is -2.41. The Morgan fingerprint density at radius 2 is 2.00 bits per heavy atom. The number of fused-ring (bicyclic) bond motifs is 1. The largest absolute Gasteiger partial charge is 0.512 e. The van der Waals surface area contributed by atoms with Crippen molar-refractivity contribution < 1.29 is 23.8 Å². The fraction of sp³-hybridized carbons (Fsp3) is 0.483. The Morgan fingerprint density at radius 1 is 1.26 bits per heavy atom. The smallest absolute Gasteiger partial charge is 0.338 e. The van der Waals surface area contributed by atoms with Gasteiger partial charge in [0.1, 0.15) is 23.9 Å². The van der Waals surface area contributed by atoms with E-state index < -0.39 is 22.8 Å². The molecule has 3 aromatic rings. The van der Waals surface area contributed by atoms with Gasteiger partial charge in [0.05, 0.1) is 17.1 Å². The molecule has 2 aliphatic rings. The average molecular weight is 534 g/mol. The molecule has 1 aliphatic carbocycles. The van der Waals surface area contributed by atoms with Crippen LogP contribution in [0.1, 0.15) is 68.7 Å². The van der Waals surface area contributed by atoms with E-state index in [0.29, 0.717) is 11.6 Å². The number of aromatic nitrogens is 4. The topological polar surface area (TPSA) is 123 Å². The summed E-state index contributed by atoms with van der Waals surface area (Å²) in [5, 5.41) is 24.9. The number of rotatable bonds is 7. The number of carbonyl (C=O) groups excluding carboxylic acids is 1. The molecule has 10 heteroatoms. The standard InChI is InChI=1S/C29H32FN5O4/c1-17-11-18(2)35-27(32-17)33-25(34-35)13-21-24(36)14-29(39-26(21)37,19-7-5-6-8-19)16-38-20-9-10-22(23(30)12-20)28(3,4)15-31/h9-12,19,36H,5-8,13-14,16H2,1-4H3. The quantitative estimate of drug-likeness (QED) is 0.422. The number of benzene rings is 1. The first-order valence-electron chi connectivity index (χ1n) is 13.2. The molecule has 1 unspecified atom stereocenters. The number of nitrogens with zero attached hydrogens (tertiary/aromatic N) is 5. The number of aryl methyl sites for hydroxylation is 2. The van der Waals surface area contributed by atoms with Crippen molar-refractivity contribution in [2.45, 2.75) is 77.2 Å². The van der Waals surface area contributed by atoms with Gasteiger partial charge in [0.25, 0.3) is 5.78 Å². The van der Waals surface area contributed by atoms with Crippen LogP contribution in [0.3, 0.4) is 0 Å². The molecule has 1 fully saturated rings. The summed E-state index contributed by atoms with van der Waals surface area (Å²) in [5.74, 6) is -0.203. The average Bonchev–Trinajstić information content (AvgIpc) is 3.56. The Balaban J connectivity index is 1.39. The van der Waals surface area contributed by atoms with Crippen LogP contribution in [-0.2, 0) is 21.4 Å². The fourth-order valence-corrected chi connectivity index (χ4v) is 5.64. The van der Waals surface area contributed by atoms with Gasteiger partial charge in [0, 0.05) is 41.8 Å². The highest BCUT2D eigenvalue weighted by Gasteiger charge is 2.49. The number of hydrogen-bond donors (Lipinski definition) is 1. The Hall–Kier alpha value is -4.00. The first-order valence-corrected chi connectivity index (χ1v) is 13.2. The van der Waals surface area contributed by atoms with Gasteiger partial charge in [-0.2, -0.15) is 10.2 Å². The van der Waals surface area contributed by atoms with Crippen LogP contribution < -0.4 is 4.74 Å². The van der Waals surface area contributed by atoms with Crippen LogP contribution in [0.4, 0.5) is 4.39 Å². The lowest BCUT2D eigenvalue weighted by molar-refractivity contribution is -0.171. The third kappa shape index (κ3) is 5.05. The third-order valence-electron chi connectivity index (χ3n) is 7.83. The maximum absolute atomic E-state index is 14.8. The number of halogens is 1. The fourth-order valence-electron chi connectivity index (χ4n) is 5.64. The van der Waals surface area contributed by atoms with Crippen molar-refractivity contribution in [3.8, 4) is 11.8 Å². The van der Waals surface area contributed by atoms with Gasteiger partial charge in [-0.25, -0.2) is 18.7 Å². The molecule has 2 aromatic heterocycles.